The minimum atomic E-state index is -4.21. The number of hydrogen-bond acceptors (Lipinski definition) is 3. The van der Waals surface area contributed by atoms with Crippen LogP contribution in [0, 0.1) is 11.8 Å². The van der Waals surface area contributed by atoms with E-state index in [1.807, 2.05) is 0 Å². The molecule has 1 saturated carbocycles. The van der Waals surface area contributed by atoms with Gasteiger partial charge in [-0.2, -0.15) is 13.2 Å². The van der Waals surface area contributed by atoms with Crippen LogP contribution in [0.15, 0.2) is 0 Å². The van der Waals surface area contributed by atoms with Crippen molar-refractivity contribution >= 4 is 11.9 Å². The number of nitrogens with one attached hydrogen (secondary N) is 1. The standard InChI is InChI=1S/C13H20F3NO3/c1-8(12(19)20-2)6-11(18)17-10-5-3-4-9(7-10)13(14,15)16/h8-10H,3-7H2,1-2H3,(H,17,18)/t8-,9+,10-/m1/s1. The van der Waals surface area contributed by atoms with Crippen LogP contribution in [0.1, 0.15) is 39.0 Å². The first kappa shape index (κ1) is 16.8. The van der Waals surface area contributed by atoms with E-state index in [-0.39, 0.29) is 19.3 Å². The maximum atomic E-state index is 12.6. The molecular weight excluding hydrogens is 275 g/mol. The molecule has 20 heavy (non-hydrogen) atoms. The molecule has 0 spiro atoms. The van der Waals surface area contributed by atoms with E-state index < -0.39 is 35.9 Å². The van der Waals surface area contributed by atoms with Crippen LogP contribution in [0.2, 0.25) is 0 Å². The Kier molecular flexibility index (Phi) is 5.83. The number of esters is 1. The van der Waals surface area contributed by atoms with E-state index in [4.69, 9.17) is 0 Å². The summed E-state index contributed by atoms with van der Waals surface area (Å²) < 4.78 is 42.4. The van der Waals surface area contributed by atoms with Gasteiger partial charge in [-0.05, 0) is 19.3 Å². The van der Waals surface area contributed by atoms with Gasteiger partial charge in [0, 0.05) is 12.5 Å². The lowest BCUT2D eigenvalue weighted by atomic mass is 9.85. The Morgan fingerprint density at radius 3 is 2.55 bits per heavy atom. The number of carbonyl (C=O) groups excluding carboxylic acids is 2. The highest BCUT2D eigenvalue weighted by atomic mass is 19.4. The third-order valence-corrected chi connectivity index (χ3v) is 3.60. The molecular formula is C13H20F3NO3. The van der Waals surface area contributed by atoms with Gasteiger partial charge in [0.1, 0.15) is 0 Å². The molecule has 7 heteroatoms. The zero-order chi connectivity index (χ0) is 15.3. The molecule has 0 aromatic carbocycles. The van der Waals surface area contributed by atoms with Crippen LogP contribution in [0.3, 0.4) is 0 Å². The second-order valence-electron chi connectivity index (χ2n) is 5.30. The quantitative estimate of drug-likeness (QED) is 0.810. The molecule has 0 unspecified atom stereocenters. The Balaban J connectivity index is 2.44. The largest absolute Gasteiger partial charge is 0.469 e. The van der Waals surface area contributed by atoms with E-state index in [0.29, 0.717) is 12.8 Å². The van der Waals surface area contributed by atoms with Gasteiger partial charge >= 0.3 is 12.1 Å². The molecule has 1 N–H and O–H groups in total. The van der Waals surface area contributed by atoms with Crippen molar-refractivity contribution in [3.63, 3.8) is 0 Å². The minimum absolute atomic E-state index is 0.0696. The number of ether oxygens (including phenoxy) is 1. The first-order valence-electron chi connectivity index (χ1n) is 6.68. The number of rotatable bonds is 4. The van der Waals surface area contributed by atoms with Gasteiger partial charge in [0.05, 0.1) is 18.9 Å². The normalized spacial score (nSPS) is 24.9. The Morgan fingerprint density at radius 1 is 1.35 bits per heavy atom. The van der Waals surface area contributed by atoms with Crippen molar-refractivity contribution in [3.8, 4) is 0 Å². The summed E-state index contributed by atoms with van der Waals surface area (Å²) in [6.07, 6.45) is -3.24. The fourth-order valence-corrected chi connectivity index (χ4v) is 2.47. The molecule has 1 fully saturated rings. The summed E-state index contributed by atoms with van der Waals surface area (Å²) in [4.78, 5) is 22.9. The maximum Gasteiger partial charge on any atom is 0.391 e. The zero-order valence-electron chi connectivity index (χ0n) is 11.6. The molecule has 3 atom stereocenters. The second-order valence-corrected chi connectivity index (χ2v) is 5.30. The van der Waals surface area contributed by atoms with Crippen LogP contribution in [-0.2, 0) is 14.3 Å². The first-order valence-corrected chi connectivity index (χ1v) is 6.68. The van der Waals surface area contributed by atoms with Gasteiger partial charge in [-0.1, -0.05) is 13.3 Å². The van der Waals surface area contributed by atoms with E-state index >= 15 is 0 Å². The number of halogens is 3. The smallest absolute Gasteiger partial charge is 0.391 e. The molecule has 4 nitrogen and oxygen atoms in total. The lowest BCUT2D eigenvalue weighted by Crippen LogP contribution is -2.42. The lowest BCUT2D eigenvalue weighted by Gasteiger charge is -2.31. The summed E-state index contributed by atoms with van der Waals surface area (Å²) in [5.74, 6) is -2.85. The third-order valence-electron chi connectivity index (χ3n) is 3.60. The van der Waals surface area contributed by atoms with Crippen LogP contribution in [0.25, 0.3) is 0 Å². The van der Waals surface area contributed by atoms with Gasteiger partial charge in [0.15, 0.2) is 0 Å². The molecule has 0 aromatic heterocycles. The molecule has 1 aliphatic rings. The summed E-state index contributed by atoms with van der Waals surface area (Å²) in [6, 6.07) is -0.465. The molecule has 0 bridgehead atoms. The Hall–Kier alpha value is -1.27. The number of alkyl halides is 3. The number of methoxy groups -OCH3 is 1. The van der Waals surface area contributed by atoms with Crippen molar-refractivity contribution in [2.45, 2.75) is 51.2 Å². The van der Waals surface area contributed by atoms with Gasteiger partial charge in [-0.15, -0.1) is 0 Å². The van der Waals surface area contributed by atoms with Gasteiger partial charge < -0.3 is 10.1 Å². The third kappa shape index (κ3) is 5.02. The zero-order valence-corrected chi connectivity index (χ0v) is 11.6. The maximum absolute atomic E-state index is 12.6. The van der Waals surface area contributed by atoms with E-state index in [1.54, 1.807) is 6.92 Å². The van der Waals surface area contributed by atoms with E-state index in [9.17, 15) is 22.8 Å². The van der Waals surface area contributed by atoms with E-state index in [2.05, 4.69) is 10.1 Å². The molecule has 0 aromatic rings. The van der Waals surface area contributed by atoms with Crippen LogP contribution < -0.4 is 5.32 Å². The monoisotopic (exact) mass is 295 g/mol. The van der Waals surface area contributed by atoms with Crippen LogP contribution >= 0.6 is 0 Å². The molecule has 0 aliphatic heterocycles. The van der Waals surface area contributed by atoms with Gasteiger partial charge in [0.25, 0.3) is 0 Å². The van der Waals surface area contributed by atoms with Crippen LogP contribution in [0.5, 0.6) is 0 Å². The summed E-state index contributed by atoms with van der Waals surface area (Å²) in [5.41, 5.74) is 0. The Labute approximate surface area is 116 Å². The summed E-state index contributed by atoms with van der Waals surface area (Å²) >= 11 is 0. The fraction of sp³-hybridized carbons (Fsp3) is 0.846. The molecule has 0 heterocycles. The van der Waals surface area contributed by atoms with E-state index in [1.165, 1.54) is 7.11 Å². The van der Waals surface area contributed by atoms with Gasteiger partial charge in [-0.3, -0.25) is 9.59 Å². The van der Waals surface area contributed by atoms with Crippen LogP contribution in [-0.4, -0.2) is 31.2 Å². The molecule has 1 aliphatic carbocycles. The van der Waals surface area contributed by atoms with Crippen molar-refractivity contribution in [2.75, 3.05) is 7.11 Å². The van der Waals surface area contributed by atoms with Crippen molar-refractivity contribution in [1.29, 1.82) is 0 Å². The summed E-state index contributed by atoms with van der Waals surface area (Å²) in [6.45, 7) is 1.55. The number of carbonyl (C=O) groups is 2. The Bertz CT molecular complexity index is 357. The van der Waals surface area contributed by atoms with Gasteiger partial charge in [0.2, 0.25) is 5.91 Å². The highest BCUT2D eigenvalue weighted by Crippen LogP contribution is 2.37. The highest BCUT2D eigenvalue weighted by Gasteiger charge is 2.42. The molecule has 0 saturated heterocycles. The fourth-order valence-electron chi connectivity index (χ4n) is 2.47. The summed E-state index contributed by atoms with van der Waals surface area (Å²) in [7, 11) is 1.23. The van der Waals surface area contributed by atoms with Crippen molar-refractivity contribution in [2.24, 2.45) is 11.8 Å². The van der Waals surface area contributed by atoms with Gasteiger partial charge in [-0.25, -0.2) is 0 Å². The molecule has 0 radical (unpaired) electrons. The SMILES string of the molecule is COC(=O)[C@H](C)CC(=O)N[C@@H]1CCC[C@H](C(F)(F)F)C1. The predicted molar refractivity (Wildman–Crippen MR) is 65.7 cm³/mol. The summed E-state index contributed by atoms with van der Waals surface area (Å²) in [5, 5.41) is 2.58. The topological polar surface area (TPSA) is 55.4 Å². The van der Waals surface area contributed by atoms with Crippen molar-refractivity contribution in [1.82, 2.24) is 5.32 Å². The number of hydrogen-bond donors (Lipinski definition) is 1. The molecule has 1 amide bonds. The average molecular weight is 295 g/mol. The van der Waals surface area contributed by atoms with Crippen molar-refractivity contribution < 1.29 is 27.5 Å². The van der Waals surface area contributed by atoms with Crippen molar-refractivity contribution in [3.05, 3.63) is 0 Å². The lowest BCUT2D eigenvalue weighted by molar-refractivity contribution is -0.184. The Morgan fingerprint density at radius 2 is 2.00 bits per heavy atom. The van der Waals surface area contributed by atoms with E-state index in [0.717, 1.165) is 0 Å². The average Bonchev–Trinajstić information content (AvgIpc) is 2.36. The highest BCUT2D eigenvalue weighted by molar-refractivity contribution is 5.82. The number of amides is 1. The first-order chi connectivity index (χ1) is 9.24. The minimum Gasteiger partial charge on any atom is -0.469 e. The molecule has 1 rings (SSSR count). The molecule has 116 valence electrons. The second kappa shape index (κ2) is 6.95. The van der Waals surface area contributed by atoms with Crippen LogP contribution in [0.4, 0.5) is 13.2 Å². The predicted octanol–water partition coefficient (Wildman–Crippen LogP) is 2.42.